The monoisotopic (exact) mass is 223 g/mol. The minimum absolute atomic E-state index is 0.249. The highest BCUT2D eigenvalue weighted by atomic mass is 32.2. The number of nitriles is 1. The van der Waals surface area contributed by atoms with Gasteiger partial charge in [-0.05, 0) is 24.6 Å². The smallest absolute Gasteiger partial charge is 0.100 e. The van der Waals surface area contributed by atoms with Crippen LogP contribution in [0.5, 0.6) is 0 Å². The summed E-state index contributed by atoms with van der Waals surface area (Å²) in [5.41, 5.74) is 1.66. The number of benzene rings is 1. The average Bonchev–Trinajstić information content (AvgIpc) is 2.26. The van der Waals surface area contributed by atoms with E-state index < -0.39 is 6.10 Å². The summed E-state index contributed by atoms with van der Waals surface area (Å²) in [6, 6.07) is 7.72. The Bertz CT molecular complexity index is 373. The van der Waals surface area contributed by atoms with Crippen LogP contribution in [0, 0.1) is 18.3 Å². The van der Waals surface area contributed by atoms with Crippen molar-refractivity contribution in [3.63, 3.8) is 0 Å². The molecule has 1 unspecified atom stereocenters. The fourth-order valence-electron chi connectivity index (χ4n) is 1.10. The number of rotatable bonds is 4. The minimum atomic E-state index is -0.733. The maximum Gasteiger partial charge on any atom is 0.100 e. The van der Waals surface area contributed by atoms with Gasteiger partial charge >= 0.3 is 0 Å². The van der Waals surface area contributed by atoms with Gasteiger partial charge in [0.1, 0.15) is 6.07 Å². The summed E-state index contributed by atoms with van der Waals surface area (Å²) >= 11 is 1.38. The van der Waals surface area contributed by atoms with E-state index in [-0.39, 0.29) is 6.61 Å². The third kappa shape index (κ3) is 3.56. The molecule has 0 fully saturated rings. The molecule has 1 aromatic rings. The zero-order valence-electron chi connectivity index (χ0n) is 8.47. The van der Waals surface area contributed by atoms with Crippen LogP contribution < -0.4 is 0 Å². The van der Waals surface area contributed by atoms with Gasteiger partial charge < -0.3 is 10.2 Å². The van der Waals surface area contributed by atoms with E-state index in [9.17, 15) is 5.11 Å². The molecule has 0 spiro atoms. The number of aliphatic hydroxyl groups is 2. The molecule has 1 atom stereocenters. The molecule has 1 rings (SSSR count). The first-order valence-electron chi connectivity index (χ1n) is 4.60. The van der Waals surface area contributed by atoms with E-state index >= 15 is 0 Å². The number of nitrogens with zero attached hydrogens (tertiary/aromatic N) is 1. The zero-order valence-corrected chi connectivity index (χ0v) is 9.29. The second kappa shape index (κ2) is 5.76. The number of aryl methyl sites for hydroxylation is 1. The molecule has 0 aromatic heterocycles. The standard InChI is InChI=1S/C11H13NO2S/c1-8-2-3-11(9(4-8)5-12)15-7-10(14)6-13/h2-4,10,13-14H,6-7H2,1H3. The van der Waals surface area contributed by atoms with Gasteiger partial charge in [0.15, 0.2) is 0 Å². The lowest BCUT2D eigenvalue weighted by Gasteiger charge is -2.08. The molecule has 0 radical (unpaired) electrons. The largest absolute Gasteiger partial charge is 0.394 e. The lowest BCUT2D eigenvalue weighted by atomic mass is 10.2. The molecular formula is C11H13NO2S. The van der Waals surface area contributed by atoms with Crippen LogP contribution in [0.4, 0.5) is 0 Å². The topological polar surface area (TPSA) is 64.2 Å². The van der Waals surface area contributed by atoms with Crippen LogP contribution in [0.15, 0.2) is 23.1 Å². The fraction of sp³-hybridized carbons (Fsp3) is 0.364. The van der Waals surface area contributed by atoms with Gasteiger partial charge in [-0.25, -0.2) is 0 Å². The van der Waals surface area contributed by atoms with E-state index in [0.717, 1.165) is 10.5 Å². The maximum absolute atomic E-state index is 9.18. The summed E-state index contributed by atoms with van der Waals surface area (Å²) in [6.07, 6.45) is -0.733. The van der Waals surface area contributed by atoms with Gasteiger partial charge in [0.2, 0.25) is 0 Å². The van der Waals surface area contributed by atoms with Crippen molar-refractivity contribution in [2.75, 3.05) is 12.4 Å². The summed E-state index contributed by atoms with van der Waals surface area (Å²) in [7, 11) is 0. The van der Waals surface area contributed by atoms with Crippen molar-refractivity contribution >= 4 is 11.8 Å². The summed E-state index contributed by atoms with van der Waals surface area (Å²) in [5.74, 6) is 0.397. The number of hydrogen-bond acceptors (Lipinski definition) is 4. The number of thioether (sulfide) groups is 1. The highest BCUT2D eigenvalue weighted by Crippen LogP contribution is 2.23. The number of aliphatic hydroxyl groups excluding tert-OH is 2. The molecule has 2 N–H and O–H groups in total. The first kappa shape index (κ1) is 12.1. The van der Waals surface area contributed by atoms with Gasteiger partial charge in [-0.3, -0.25) is 0 Å². The SMILES string of the molecule is Cc1ccc(SCC(O)CO)c(C#N)c1. The van der Waals surface area contributed by atoms with E-state index in [1.807, 2.05) is 25.1 Å². The summed E-state index contributed by atoms with van der Waals surface area (Å²) < 4.78 is 0. The first-order chi connectivity index (χ1) is 7.17. The van der Waals surface area contributed by atoms with Crippen LogP contribution in [0.2, 0.25) is 0 Å². The van der Waals surface area contributed by atoms with Crippen LogP contribution >= 0.6 is 11.8 Å². The van der Waals surface area contributed by atoms with E-state index in [1.165, 1.54) is 11.8 Å². The molecule has 0 aliphatic heterocycles. The van der Waals surface area contributed by atoms with Crippen LogP contribution in [-0.2, 0) is 0 Å². The molecule has 4 heteroatoms. The molecule has 15 heavy (non-hydrogen) atoms. The van der Waals surface area contributed by atoms with Crippen molar-refractivity contribution in [2.24, 2.45) is 0 Å². The quantitative estimate of drug-likeness (QED) is 0.755. The highest BCUT2D eigenvalue weighted by molar-refractivity contribution is 7.99. The van der Waals surface area contributed by atoms with E-state index in [4.69, 9.17) is 10.4 Å². The fourth-order valence-corrected chi connectivity index (χ4v) is 2.00. The molecule has 0 amide bonds. The van der Waals surface area contributed by atoms with Gasteiger partial charge in [-0.2, -0.15) is 5.26 Å². The summed E-state index contributed by atoms with van der Waals surface area (Å²) in [5, 5.41) is 26.7. The molecule has 0 saturated carbocycles. The molecule has 0 heterocycles. The average molecular weight is 223 g/mol. The Morgan fingerprint density at radius 3 is 2.87 bits per heavy atom. The molecule has 3 nitrogen and oxygen atoms in total. The van der Waals surface area contributed by atoms with E-state index in [1.54, 1.807) is 0 Å². The van der Waals surface area contributed by atoms with E-state index in [0.29, 0.717) is 11.3 Å². The van der Waals surface area contributed by atoms with Crippen molar-refractivity contribution in [1.82, 2.24) is 0 Å². The molecular weight excluding hydrogens is 210 g/mol. The van der Waals surface area contributed by atoms with Crippen molar-refractivity contribution < 1.29 is 10.2 Å². The lowest BCUT2D eigenvalue weighted by molar-refractivity contribution is 0.113. The molecule has 80 valence electrons. The van der Waals surface area contributed by atoms with Crippen LogP contribution in [-0.4, -0.2) is 28.7 Å². The van der Waals surface area contributed by atoms with E-state index in [2.05, 4.69) is 6.07 Å². The molecule has 1 aromatic carbocycles. The van der Waals surface area contributed by atoms with Crippen molar-refractivity contribution in [3.8, 4) is 6.07 Å². The molecule has 0 bridgehead atoms. The molecule has 0 aliphatic carbocycles. The van der Waals surface area contributed by atoms with Gasteiger partial charge in [-0.15, -0.1) is 11.8 Å². The van der Waals surface area contributed by atoms with Gasteiger partial charge in [-0.1, -0.05) is 6.07 Å². The van der Waals surface area contributed by atoms with Crippen LogP contribution in [0.3, 0.4) is 0 Å². The van der Waals surface area contributed by atoms with Crippen LogP contribution in [0.25, 0.3) is 0 Å². The molecule has 0 aliphatic rings. The van der Waals surface area contributed by atoms with Gasteiger partial charge in [0, 0.05) is 10.6 Å². The first-order valence-corrected chi connectivity index (χ1v) is 5.58. The third-order valence-electron chi connectivity index (χ3n) is 1.90. The Balaban J connectivity index is 2.73. The zero-order chi connectivity index (χ0) is 11.3. The Labute approximate surface area is 93.4 Å². The predicted octanol–water partition coefficient (Wildman–Crippen LogP) is 1.31. The number of hydrogen-bond donors (Lipinski definition) is 2. The Hall–Kier alpha value is -1.02. The third-order valence-corrected chi connectivity index (χ3v) is 3.12. The minimum Gasteiger partial charge on any atom is -0.394 e. The summed E-state index contributed by atoms with van der Waals surface area (Å²) in [6.45, 7) is 1.68. The lowest BCUT2D eigenvalue weighted by Crippen LogP contribution is -2.14. The highest BCUT2D eigenvalue weighted by Gasteiger charge is 2.06. The Morgan fingerprint density at radius 2 is 2.27 bits per heavy atom. The predicted molar refractivity (Wildman–Crippen MR) is 59.7 cm³/mol. The Kier molecular flexibility index (Phi) is 4.63. The van der Waals surface area contributed by atoms with Crippen molar-refractivity contribution in [1.29, 1.82) is 5.26 Å². The molecule has 0 saturated heterocycles. The van der Waals surface area contributed by atoms with Crippen LogP contribution in [0.1, 0.15) is 11.1 Å². The van der Waals surface area contributed by atoms with Crippen molar-refractivity contribution in [3.05, 3.63) is 29.3 Å². The van der Waals surface area contributed by atoms with Crippen molar-refractivity contribution in [2.45, 2.75) is 17.9 Å². The second-order valence-corrected chi connectivity index (χ2v) is 4.32. The second-order valence-electron chi connectivity index (χ2n) is 3.26. The normalized spacial score (nSPS) is 12.1. The maximum atomic E-state index is 9.18. The van der Waals surface area contributed by atoms with Gasteiger partial charge in [0.05, 0.1) is 18.3 Å². The van der Waals surface area contributed by atoms with Gasteiger partial charge in [0.25, 0.3) is 0 Å². The summed E-state index contributed by atoms with van der Waals surface area (Å²) in [4.78, 5) is 0.843. The Morgan fingerprint density at radius 1 is 1.53 bits per heavy atom.